The van der Waals surface area contributed by atoms with E-state index in [2.05, 4.69) is 15.1 Å². The molecule has 3 amide bonds. The second-order valence-electron chi connectivity index (χ2n) is 5.68. The van der Waals surface area contributed by atoms with Gasteiger partial charge in [-0.25, -0.2) is 10.3 Å². The van der Waals surface area contributed by atoms with Crippen LogP contribution in [0.4, 0.5) is 4.79 Å². The van der Waals surface area contributed by atoms with Crippen LogP contribution < -0.4 is 10.8 Å². The van der Waals surface area contributed by atoms with Crippen molar-refractivity contribution in [1.29, 1.82) is 0 Å². The van der Waals surface area contributed by atoms with Gasteiger partial charge in [0.2, 0.25) is 0 Å². The van der Waals surface area contributed by atoms with Crippen molar-refractivity contribution in [3.8, 4) is 0 Å². The van der Waals surface area contributed by atoms with Crippen molar-refractivity contribution in [3.05, 3.63) is 0 Å². The molecule has 0 aromatic heterocycles. The Morgan fingerprint density at radius 3 is 2.71 bits per heavy atom. The maximum absolute atomic E-state index is 12.2. The molecule has 3 aliphatic rings. The molecule has 0 radical (unpaired) electrons. The van der Waals surface area contributed by atoms with Crippen LogP contribution in [-0.4, -0.2) is 78.5 Å². The molecule has 3 rings (SSSR count). The van der Waals surface area contributed by atoms with Gasteiger partial charge in [-0.05, 0) is 12.8 Å². The van der Waals surface area contributed by atoms with Gasteiger partial charge in [-0.2, -0.15) is 13.5 Å². The van der Waals surface area contributed by atoms with Crippen LogP contribution in [0.25, 0.3) is 0 Å². The fourth-order valence-electron chi connectivity index (χ4n) is 2.96. The monoisotopic (exact) mass is 364 g/mol. The van der Waals surface area contributed by atoms with E-state index in [0.29, 0.717) is 11.5 Å². The van der Waals surface area contributed by atoms with Gasteiger partial charge < -0.3 is 10.2 Å². The summed E-state index contributed by atoms with van der Waals surface area (Å²) < 4.78 is 34.6. The molecule has 13 heteroatoms. The van der Waals surface area contributed by atoms with Crippen molar-refractivity contribution >= 4 is 28.1 Å². The molecule has 1 unspecified atom stereocenters. The first kappa shape index (κ1) is 17.0. The SMILES string of the molecule is O=C1CNCC1ONC(=O)[C@@H]1CC[C@@H]2CN1C(=O)N2OS(=O)(=O)O. The van der Waals surface area contributed by atoms with Gasteiger partial charge in [0.05, 0.1) is 12.6 Å². The third-order valence-electron chi connectivity index (χ3n) is 4.09. The first-order chi connectivity index (χ1) is 11.3. The smallest absolute Gasteiger partial charge is 0.309 e. The van der Waals surface area contributed by atoms with Crippen LogP contribution in [0.2, 0.25) is 0 Å². The van der Waals surface area contributed by atoms with Crippen LogP contribution in [0.15, 0.2) is 0 Å². The van der Waals surface area contributed by atoms with E-state index < -0.39 is 40.5 Å². The predicted molar refractivity (Wildman–Crippen MR) is 74.3 cm³/mol. The van der Waals surface area contributed by atoms with Crippen LogP contribution in [0.1, 0.15) is 12.8 Å². The summed E-state index contributed by atoms with van der Waals surface area (Å²) in [6, 6.07) is -2.30. The summed E-state index contributed by atoms with van der Waals surface area (Å²) >= 11 is 0. The molecule has 134 valence electrons. The molecule has 24 heavy (non-hydrogen) atoms. The highest BCUT2D eigenvalue weighted by Gasteiger charge is 2.49. The van der Waals surface area contributed by atoms with Gasteiger partial charge in [0.25, 0.3) is 5.91 Å². The average Bonchev–Trinajstić information content (AvgIpc) is 3.01. The molecule has 0 spiro atoms. The van der Waals surface area contributed by atoms with Gasteiger partial charge in [-0.1, -0.05) is 0 Å². The fraction of sp³-hybridized carbons (Fsp3) is 0.727. The zero-order chi connectivity index (χ0) is 17.5. The molecule has 3 atom stereocenters. The number of fused-ring (bicyclic) bond motifs is 2. The summed E-state index contributed by atoms with van der Waals surface area (Å²) in [5.41, 5.74) is 2.17. The molecule has 3 heterocycles. The maximum atomic E-state index is 12.2. The van der Waals surface area contributed by atoms with Crippen molar-refractivity contribution in [2.24, 2.45) is 0 Å². The minimum Gasteiger partial charge on any atom is -0.309 e. The molecule has 3 saturated heterocycles. The summed E-state index contributed by atoms with van der Waals surface area (Å²) in [4.78, 5) is 41.9. The molecule has 3 aliphatic heterocycles. The van der Waals surface area contributed by atoms with E-state index in [-0.39, 0.29) is 31.8 Å². The lowest BCUT2D eigenvalue weighted by molar-refractivity contribution is -0.147. The van der Waals surface area contributed by atoms with Gasteiger partial charge in [0, 0.05) is 13.1 Å². The van der Waals surface area contributed by atoms with Gasteiger partial charge in [0.15, 0.2) is 11.9 Å². The number of nitrogens with zero attached hydrogens (tertiary/aromatic N) is 2. The number of rotatable bonds is 5. The number of hydroxylamine groups is 3. The summed E-state index contributed by atoms with van der Waals surface area (Å²) in [5, 5.41) is 3.34. The van der Waals surface area contributed by atoms with E-state index in [1.54, 1.807) is 0 Å². The Morgan fingerprint density at radius 1 is 1.33 bits per heavy atom. The lowest BCUT2D eigenvalue weighted by atomic mass is 10.0. The Labute approximate surface area is 136 Å². The molecule has 0 aromatic carbocycles. The number of amides is 3. The number of Topliss-reactive ketones (excluding diaryl/α,β-unsaturated/α-hetero) is 1. The van der Waals surface area contributed by atoms with Gasteiger partial charge in [-0.3, -0.25) is 19.0 Å². The van der Waals surface area contributed by atoms with Crippen LogP contribution in [-0.2, 0) is 29.1 Å². The van der Waals surface area contributed by atoms with Gasteiger partial charge in [-0.15, -0.1) is 4.28 Å². The van der Waals surface area contributed by atoms with Crippen molar-refractivity contribution in [2.75, 3.05) is 19.6 Å². The highest BCUT2D eigenvalue weighted by atomic mass is 32.3. The molecule has 3 N–H and O–H groups in total. The Bertz CT molecular complexity index is 667. The second kappa shape index (κ2) is 6.25. The Hall–Kier alpha value is -1.80. The minimum atomic E-state index is -4.84. The Morgan fingerprint density at radius 2 is 2.08 bits per heavy atom. The molecule has 2 bridgehead atoms. The molecule has 3 fully saturated rings. The van der Waals surface area contributed by atoms with E-state index in [9.17, 15) is 22.8 Å². The molecule has 0 saturated carbocycles. The van der Waals surface area contributed by atoms with E-state index >= 15 is 0 Å². The largest absolute Gasteiger partial charge is 0.418 e. The van der Waals surface area contributed by atoms with Crippen molar-refractivity contribution in [1.82, 2.24) is 20.8 Å². The number of carbonyl (C=O) groups excluding carboxylic acids is 3. The zero-order valence-electron chi connectivity index (χ0n) is 12.4. The van der Waals surface area contributed by atoms with Crippen LogP contribution in [0.5, 0.6) is 0 Å². The molecule has 12 nitrogen and oxygen atoms in total. The summed E-state index contributed by atoms with van der Waals surface area (Å²) in [7, 11) is -4.84. The number of carbonyl (C=O) groups is 3. The first-order valence-corrected chi connectivity index (χ1v) is 8.58. The van der Waals surface area contributed by atoms with Crippen molar-refractivity contribution in [3.63, 3.8) is 0 Å². The molecular weight excluding hydrogens is 348 g/mol. The quantitative estimate of drug-likeness (QED) is 0.357. The average molecular weight is 364 g/mol. The standard InChI is InChI=1S/C11H16N4O8S/c16-8-3-12-4-9(8)22-13-10(17)7-2-1-6-5-14(7)11(18)15(6)23-24(19,20)21/h6-7,9,12H,1-5H2,(H,13,17)(H,19,20,21)/t6-,7+,9?/m1/s1. The predicted octanol–water partition coefficient (Wildman–Crippen LogP) is -2.42. The van der Waals surface area contributed by atoms with E-state index in [1.165, 1.54) is 0 Å². The summed E-state index contributed by atoms with van der Waals surface area (Å²) in [5.74, 6) is -0.806. The highest BCUT2D eigenvalue weighted by molar-refractivity contribution is 7.80. The second-order valence-corrected chi connectivity index (χ2v) is 6.68. The van der Waals surface area contributed by atoms with Crippen LogP contribution >= 0.6 is 0 Å². The van der Waals surface area contributed by atoms with Crippen molar-refractivity contribution < 1.29 is 36.5 Å². The number of hydrogen-bond acceptors (Lipinski definition) is 8. The molecule has 0 aromatic rings. The number of piperidine rings is 1. The maximum Gasteiger partial charge on any atom is 0.418 e. The summed E-state index contributed by atoms with van der Waals surface area (Å²) in [6.07, 6.45) is -0.216. The Kier molecular flexibility index (Phi) is 4.44. The lowest BCUT2D eigenvalue weighted by Crippen LogP contribution is -2.50. The third-order valence-corrected chi connectivity index (χ3v) is 4.44. The minimum absolute atomic E-state index is 0.0797. The van der Waals surface area contributed by atoms with E-state index in [1.807, 2.05) is 0 Å². The Balaban J connectivity index is 1.61. The molecular formula is C11H16N4O8S. The number of ketones is 1. The number of urea groups is 1. The lowest BCUT2D eigenvalue weighted by Gasteiger charge is -2.29. The number of hydrogen-bond donors (Lipinski definition) is 3. The van der Waals surface area contributed by atoms with Gasteiger partial charge >= 0.3 is 16.4 Å². The highest BCUT2D eigenvalue weighted by Crippen LogP contribution is 2.30. The molecule has 0 aliphatic carbocycles. The van der Waals surface area contributed by atoms with Crippen LogP contribution in [0.3, 0.4) is 0 Å². The van der Waals surface area contributed by atoms with Crippen LogP contribution in [0, 0.1) is 0 Å². The topological polar surface area (TPSA) is 155 Å². The van der Waals surface area contributed by atoms with Gasteiger partial charge in [0.1, 0.15) is 6.04 Å². The first-order valence-electron chi connectivity index (χ1n) is 7.22. The summed E-state index contributed by atoms with van der Waals surface area (Å²) in [6.45, 7) is 0.527. The normalized spacial score (nSPS) is 30.1. The van der Waals surface area contributed by atoms with E-state index in [0.717, 1.165) is 4.90 Å². The van der Waals surface area contributed by atoms with Crippen molar-refractivity contribution in [2.45, 2.75) is 31.0 Å². The van der Waals surface area contributed by atoms with E-state index in [4.69, 9.17) is 9.39 Å². The fourth-order valence-corrected chi connectivity index (χ4v) is 3.35. The number of nitrogens with one attached hydrogen (secondary N) is 2. The third kappa shape index (κ3) is 3.34. The zero-order valence-corrected chi connectivity index (χ0v) is 13.2.